The first kappa shape index (κ1) is 16.2. The molecule has 2 N–H and O–H groups in total. The number of aliphatic carboxylic acids is 1. The van der Waals surface area contributed by atoms with Crippen LogP contribution >= 0.6 is 11.3 Å². The van der Waals surface area contributed by atoms with Crippen molar-refractivity contribution in [2.45, 2.75) is 32.2 Å². The second kappa shape index (κ2) is 7.75. The summed E-state index contributed by atoms with van der Waals surface area (Å²) in [5.74, 6) is -1.05. The number of thiophene rings is 1. The minimum atomic E-state index is -0.909. The Balaban J connectivity index is 1.97. The topological polar surface area (TPSA) is 66.4 Å². The van der Waals surface area contributed by atoms with Crippen LogP contribution in [-0.2, 0) is 22.4 Å². The molecular weight excluding hydrogens is 298 g/mol. The molecule has 1 unspecified atom stereocenters. The van der Waals surface area contributed by atoms with E-state index in [0.717, 1.165) is 16.0 Å². The van der Waals surface area contributed by atoms with Crippen LogP contribution < -0.4 is 5.32 Å². The van der Waals surface area contributed by atoms with Crippen LogP contribution in [0.15, 0.2) is 41.8 Å². The molecule has 0 aliphatic carbocycles. The van der Waals surface area contributed by atoms with Crippen molar-refractivity contribution in [2.24, 2.45) is 0 Å². The third-order valence-corrected chi connectivity index (χ3v) is 4.18. The first-order valence-electron chi connectivity index (χ1n) is 7.12. The summed E-state index contributed by atoms with van der Waals surface area (Å²) in [6.07, 6.45) is 0.731. The predicted octanol–water partition coefficient (Wildman–Crippen LogP) is 2.80. The molecule has 0 aliphatic heterocycles. The molecule has 0 radical (unpaired) electrons. The molecule has 1 heterocycles. The van der Waals surface area contributed by atoms with E-state index < -0.39 is 12.0 Å². The van der Waals surface area contributed by atoms with E-state index in [1.807, 2.05) is 48.7 Å². The van der Waals surface area contributed by atoms with Gasteiger partial charge in [-0.25, -0.2) is 0 Å². The fourth-order valence-corrected chi connectivity index (χ4v) is 2.95. The van der Waals surface area contributed by atoms with Crippen molar-refractivity contribution in [3.05, 3.63) is 57.8 Å². The van der Waals surface area contributed by atoms with Gasteiger partial charge in [-0.2, -0.15) is 0 Å². The van der Waals surface area contributed by atoms with E-state index in [1.54, 1.807) is 0 Å². The number of amides is 1. The quantitative estimate of drug-likeness (QED) is 0.825. The molecule has 0 aliphatic rings. The van der Waals surface area contributed by atoms with Gasteiger partial charge in [-0.1, -0.05) is 35.9 Å². The number of carbonyl (C=O) groups is 2. The number of aryl methyl sites for hydroxylation is 1. The maximum absolute atomic E-state index is 12.0. The molecule has 1 aromatic carbocycles. The number of carboxylic acid groups (broad SMARTS) is 1. The van der Waals surface area contributed by atoms with E-state index in [2.05, 4.69) is 5.32 Å². The number of hydrogen-bond acceptors (Lipinski definition) is 3. The second-order valence-electron chi connectivity index (χ2n) is 5.31. The van der Waals surface area contributed by atoms with Gasteiger partial charge in [-0.05, 0) is 30.4 Å². The van der Waals surface area contributed by atoms with Crippen molar-refractivity contribution in [1.82, 2.24) is 5.32 Å². The Labute approximate surface area is 133 Å². The van der Waals surface area contributed by atoms with Crippen LogP contribution in [-0.4, -0.2) is 23.0 Å². The van der Waals surface area contributed by atoms with E-state index in [-0.39, 0.29) is 12.3 Å². The zero-order chi connectivity index (χ0) is 15.9. The van der Waals surface area contributed by atoms with E-state index in [1.165, 1.54) is 11.3 Å². The zero-order valence-electron chi connectivity index (χ0n) is 12.4. The van der Waals surface area contributed by atoms with E-state index in [0.29, 0.717) is 12.8 Å². The van der Waals surface area contributed by atoms with Crippen molar-refractivity contribution >= 4 is 23.2 Å². The van der Waals surface area contributed by atoms with Crippen LogP contribution in [0.1, 0.15) is 22.4 Å². The zero-order valence-corrected chi connectivity index (χ0v) is 13.2. The minimum Gasteiger partial charge on any atom is -0.481 e. The second-order valence-corrected chi connectivity index (χ2v) is 6.34. The van der Waals surface area contributed by atoms with Crippen LogP contribution in [0.4, 0.5) is 0 Å². The minimum absolute atomic E-state index is 0.0793. The van der Waals surface area contributed by atoms with Crippen molar-refractivity contribution in [2.75, 3.05) is 0 Å². The molecule has 116 valence electrons. The fraction of sp³-hybridized carbons (Fsp3) is 0.294. The van der Waals surface area contributed by atoms with Crippen molar-refractivity contribution in [3.63, 3.8) is 0 Å². The Bertz CT molecular complexity index is 620. The van der Waals surface area contributed by atoms with Crippen molar-refractivity contribution < 1.29 is 14.7 Å². The SMILES string of the molecule is Cc1ccc(CC(CC(=O)O)NC(=O)Cc2cccs2)cc1. The van der Waals surface area contributed by atoms with Gasteiger partial charge in [0, 0.05) is 10.9 Å². The molecular formula is C17H19NO3S. The Morgan fingerprint density at radius 3 is 2.55 bits per heavy atom. The fourth-order valence-electron chi connectivity index (χ4n) is 2.24. The van der Waals surface area contributed by atoms with Crippen LogP contribution in [0.25, 0.3) is 0 Å². The number of hydrogen-bond donors (Lipinski definition) is 2. The lowest BCUT2D eigenvalue weighted by Gasteiger charge is -2.17. The Morgan fingerprint density at radius 1 is 1.23 bits per heavy atom. The summed E-state index contributed by atoms with van der Waals surface area (Å²) in [7, 11) is 0. The van der Waals surface area contributed by atoms with Crippen molar-refractivity contribution in [3.8, 4) is 0 Å². The molecule has 5 heteroatoms. The summed E-state index contributed by atoms with van der Waals surface area (Å²) < 4.78 is 0. The first-order valence-corrected chi connectivity index (χ1v) is 8.00. The number of carboxylic acids is 1. The number of benzene rings is 1. The first-order chi connectivity index (χ1) is 10.5. The summed E-state index contributed by atoms with van der Waals surface area (Å²) in [6.45, 7) is 2.00. The van der Waals surface area contributed by atoms with Gasteiger partial charge in [-0.3, -0.25) is 9.59 Å². The maximum Gasteiger partial charge on any atom is 0.305 e. The van der Waals surface area contributed by atoms with E-state index >= 15 is 0 Å². The van der Waals surface area contributed by atoms with Gasteiger partial charge in [0.05, 0.1) is 12.8 Å². The smallest absolute Gasteiger partial charge is 0.305 e. The summed E-state index contributed by atoms with van der Waals surface area (Å²) >= 11 is 1.52. The normalized spacial score (nSPS) is 11.9. The maximum atomic E-state index is 12.0. The van der Waals surface area contributed by atoms with Gasteiger partial charge < -0.3 is 10.4 Å². The average molecular weight is 317 g/mol. The van der Waals surface area contributed by atoms with Crippen LogP contribution in [0.5, 0.6) is 0 Å². The van der Waals surface area contributed by atoms with Crippen LogP contribution in [0, 0.1) is 6.92 Å². The van der Waals surface area contributed by atoms with Crippen molar-refractivity contribution in [1.29, 1.82) is 0 Å². The molecule has 0 bridgehead atoms. The summed E-state index contributed by atoms with van der Waals surface area (Å²) in [5.41, 5.74) is 2.17. The highest BCUT2D eigenvalue weighted by Gasteiger charge is 2.17. The monoisotopic (exact) mass is 317 g/mol. The lowest BCUT2D eigenvalue weighted by Crippen LogP contribution is -2.38. The molecule has 0 saturated heterocycles. The molecule has 1 amide bonds. The van der Waals surface area contributed by atoms with Gasteiger partial charge >= 0.3 is 5.97 Å². The molecule has 2 aromatic rings. The summed E-state index contributed by atoms with van der Waals surface area (Å²) in [5, 5.41) is 13.8. The van der Waals surface area contributed by atoms with Crippen LogP contribution in [0.3, 0.4) is 0 Å². The number of carbonyl (C=O) groups excluding carboxylic acids is 1. The molecule has 0 spiro atoms. The highest BCUT2D eigenvalue weighted by molar-refractivity contribution is 7.10. The lowest BCUT2D eigenvalue weighted by atomic mass is 10.0. The molecule has 4 nitrogen and oxygen atoms in total. The van der Waals surface area contributed by atoms with Gasteiger partial charge in [0.2, 0.25) is 5.91 Å². The third-order valence-electron chi connectivity index (χ3n) is 3.30. The summed E-state index contributed by atoms with van der Waals surface area (Å²) in [6, 6.07) is 11.3. The molecule has 0 saturated carbocycles. The Morgan fingerprint density at radius 2 is 1.95 bits per heavy atom. The van der Waals surface area contributed by atoms with Gasteiger partial charge in [0.15, 0.2) is 0 Å². The number of nitrogens with one attached hydrogen (secondary N) is 1. The summed E-state index contributed by atoms with van der Waals surface area (Å²) in [4.78, 5) is 24.0. The number of rotatable bonds is 7. The Hall–Kier alpha value is -2.14. The predicted molar refractivity (Wildman–Crippen MR) is 87.1 cm³/mol. The standard InChI is InChI=1S/C17H19NO3S/c1-12-4-6-13(7-5-12)9-14(10-17(20)21)18-16(19)11-15-3-2-8-22-15/h2-8,14H,9-11H2,1H3,(H,18,19)(H,20,21). The third kappa shape index (κ3) is 5.33. The molecule has 1 atom stereocenters. The van der Waals surface area contributed by atoms with E-state index in [4.69, 9.17) is 5.11 Å². The van der Waals surface area contributed by atoms with E-state index in [9.17, 15) is 9.59 Å². The highest BCUT2D eigenvalue weighted by Crippen LogP contribution is 2.11. The van der Waals surface area contributed by atoms with Crippen LogP contribution in [0.2, 0.25) is 0 Å². The lowest BCUT2D eigenvalue weighted by molar-refractivity contribution is -0.137. The molecule has 1 aromatic heterocycles. The van der Waals surface area contributed by atoms with Gasteiger partial charge in [0.25, 0.3) is 0 Å². The Kier molecular flexibility index (Phi) is 5.72. The van der Waals surface area contributed by atoms with Gasteiger partial charge in [-0.15, -0.1) is 11.3 Å². The van der Waals surface area contributed by atoms with Gasteiger partial charge in [0.1, 0.15) is 0 Å². The molecule has 2 rings (SSSR count). The highest BCUT2D eigenvalue weighted by atomic mass is 32.1. The average Bonchev–Trinajstić information content (AvgIpc) is 2.93. The molecule has 0 fully saturated rings. The molecule has 22 heavy (non-hydrogen) atoms. The largest absolute Gasteiger partial charge is 0.481 e.